The van der Waals surface area contributed by atoms with Crippen molar-refractivity contribution in [2.75, 3.05) is 19.6 Å². The Bertz CT molecular complexity index is 376. The Labute approximate surface area is 160 Å². The van der Waals surface area contributed by atoms with Crippen molar-refractivity contribution in [3.63, 3.8) is 0 Å². The van der Waals surface area contributed by atoms with Crippen LogP contribution >= 0.6 is 0 Å². The van der Waals surface area contributed by atoms with E-state index in [1.54, 1.807) is 0 Å². The van der Waals surface area contributed by atoms with Crippen molar-refractivity contribution in [2.45, 2.75) is 92.1 Å². The molecule has 1 rings (SSSR count). The standard InChI is InChI=1S/C9H14NO2.3C4H9.Sn/c1-3-5-10-6-4-9(7-10)12-8(2)11;3*1-3-4-2;/h1,3,9H,4-7H2,2H3;3*1,3-4H2,2H3;/t9-;;;;/m0..../s1. The van der Waals surface area contributed by atoms with Crippen molar-refractivity contribution in [3.05, 3.63) is 10.2 Å². The SMILES string of the molecule is CCC[CH2][Sn](/[CH]=C\CN1CC[C@H](OC(C)=O)C1)([CH2]CCC)[CH2]CCC. The summed E-state index contributed by atoms with van der Waals surface area (Å²) >= 11 is -2.12. The topological polar surface area (TPSA) is 29.5 Å². The minimum absolute atomic E-state index is 0.111. The quantitative estimate of drug-likeness (QED) is 0.267. The summed E-state index contributed by atoms with van der Waals surface area (Å²) in [6, 6.07) is 0. The molecule has 0 N–H and O–H groups in total. The Morgan fingerprint density at radius 2 is 1.64 bits per heavy atom. The molecule has 1 saturated heterocycles. The first-order chi connectivity index (χ1) is 12.0. The van der Waals surface area contributed by atoms with E-state index in [4.69, 9.17) is 4.74 Å². The van der Waals surface area contributed by atoms with Crippen LogP contribution in [0.5, 0.6) is 0 Å². The molecule has 0 aromatic rings. The Kier molecular flexibility index (Phi) is 12.1. The van der Waals surface area contributed by atoms with Gasteiger partial charge < -0.3 is 0 Å². The molecule has 0 unspecified atom stereocenters. The molecular weight excluding hydrogens is 417 g/mol. The number of hydrogen-bond acceptors (Lipinski definition) is 3. The number of hydrogen-bond donors (Lipinski definition) is 0. The second-order valence-corrected chi connectivity index (χ2v) is 20.9. The van der Waals surface area contributed by atoms with Gasteiger partial charge in [0, 0.05) is 0 Å². The van der Waals surface area contributed by atoms with E-state index in [9.17, 15) is 4.79 Å². The molecule has 3 nitrogen and oxygen atoms in total. The summed E-state index contributed by atoms with van der Waals surface area (Å²) in [5, 5.41) is 0. The van der Waals surface area contributed by atoms with Gasteiger partial charge in [0.2, 0.25) is 0 Å². The Morgan fingerprint density at radius 3 is 2.12 bits per heavy atom. The Morgan fingerprint density at radius 1 is 1.08 bits per heavy atom. The van der Waals surface area contributed by atoms with Crippen LogP contribution in [0, 0.1) is 0 Å². The summed E-state index contributed by atoms with van der Waals surface area (Å²) in [5.41, 5.74) is 0. The third kappa shape index (κ3) is 9.46. The van der Waals surface area contributed by atoms with Crippen molar-refractivity contribution in [3.8, 4) is 0 Å². The summed E-state index contributed by atoms with van der Waals surface area (Å²) in [6.07, 6.45) is 11.9. The minimum atomic E-state index is -2.12. The fourth-order valence-corrected chi connectivity index (χ4v) is 18.3. The van der Waals surface area contributed by atoms with Crippen LogP contribution in [0.1, 0.15) is 72.6 Å². The van der Waals surface area contributed by atoms with Crippen molar-refractivity contribution in [1.82, 2.24) is 4.90 Å². The number of carbonyl (C=O) groups is 1. The number of nitrogens with zero attached hydrogens (tertiary/aromatic N) is 1. The molecule has 0 spiro atoms. The molecule has 0 aromatic carbocycles. The van der Waals surface area contributed by atoms with Crippen LogP contribution in [0.2, 0.25) is 13.3 Å². The van der Waals surface area contributed by atoms with E-state index in [-0.39, 0.29) is 12.1 Å². The van der Waals surface area contributed by atoms with Crippen LogP contribution < -0.4 is 0 Å². The second-order valence-electron chi connectivity index (χ2n) is 7.86. The molecule has 4 heteroatoms. The van der Waals surface area contributed by atoms with Crippen molar-refractivity contribution in [2.24, 2.45) is 0 Å². The van der Waals surface area contributed by atoms with Gasteiger partial charge >= 0.3 is 161 Å². The predicted octanol–water partition coefficient (Wildman–Crippen LogP) is 5.57. The molecule has 1 atom stereocenters. The first-order valence-corrected chi connectivity index (χ1v) is 18.3. The average molecular weight is 458 g/mol. The van der Waals surface area contributed by atoms with Gasteiger partial charge in [0.05, 0.1) is 0 Å². The van der Waals surface area contributed by atoms with Gasteiger partial charge in [0.25, 0.3) is 0 Å². The van der Waals surface area contributed by atoms with Crippen LogP contribution in [0.25, 0.3) is 0 Å². The van der Waals surface area contributed by atoms with Gasteiger partial charge in [-0.25, -0.2) is 0 Å². The Balaban J connectivity index is 2.61. The van der Waals surface area contributed by atoms with Crippen molar-refractivity contribution < 1.29 is 9.53 Å². The third-order valence-corrected chi connectivity index (χ3v) is 19.7. The first kappa shape index (κ1) is 23.0. The molecule has 0 bridgehead atoms. The molecule has 0 aliphatic carbocycles. The summed E-state index contributed by atoms with van der Waals surface area (Å²) in [7, 11) is 0. The van der Waals surface area contributed by atoms with Gasteiger partial charge in [-0.1, -0.05) is 0 Å². The second kappa shape index (κ2) is 13.2. The normalized spacial score (nSPS) is 19.0. The fourth-order valence-electron chi connectivity index (χ4n) is 3.96. The fraction of sp³-hybridized carbons (Fsp3) is 0.857. The molecule has 0 aromatic heterocycles. The first-order valence-electron chi connectivity index (χ1n) is 10.6. The molecular formula is C21H41NO2Sn. The number of ether oxygens (including phenoxy) is 1. The average Bonchev–Trinajstić information content (AvgIpc) is 3.02. The van der Waals surface area contributed by atoms with E-state index >= 15 is 0 Å². The molecule has 1 aliphatic heterocycles. The van der Waals surface area contributed by atoms with Gasteiger partial charge in [0.1, 0.15) is 0 Å². The van der Waals surface area contributed by atoms with E-state index < -0.39 is 18.4 Å². The maximum absolute atomic E-state index is 11.1. The molecule has 146 valence electrons. The molecule has 1 fully saturated rings. The van der Waals surface area contributed by atoms with Gasteiger partial charge in [-0.05, 0) is 0 Å². The van der Waals surface area contributed by atoms with Crippen LogP contribution in [0.3, 0.4) is 0 Å². The predicted molar refractivity (Wildman–Crippen MR) is 111 cm³/mol. The van der Waals surface area contributed by atoms with Gasteiger partial charge in [0.15, 0.2) is 0 Å². The Hall–Kier alpha value is -0.0313. The van der Waals surface area contributed by atoms with Crippen LogP contribution in [0.15, 0.2) is 10.2 Å². The number of unbranched alkanes of at least 4 members (excludes halogenated alkanes) is 3. The molecule has 0 radical (unpaired) electrons. The number of esters is 1. The maximum atomic E-state index is 11.1. The molecule has 1 heterocycles. The number of rotatable bonds is 13. The monoisotopic (exact) mass is 459 g/mol. The molecule has 0 saturated carbocycles. The summed E-state index contributed by atoms with van der Waals surface area (Å²) in [6.45, 7) is 11.5. The third-order valence-electron chi connectivity index (χ3n) is 5.48. The number of carbonyl (C=O) groups excluding carboxylic acids is 1. The summed E-state index contributed by atoms with van der Waals surface area (Å²) in [5.74, 6) is -0.142. The molecule has 1 aliphatic rings. The molecule has 25 heavy (non-hydrogen) atoms. The van der Waals surface area contributed by atoms with E-state index in [1.165, 1.54) is 58.8 Å². The zero-order chi connectivity index (χ0) is 18.5. The van der Waals surface area contributed by atoms with Gasteiger partial charge in [-0.2, -0.15) is 0 Å². The van der Waals surface area contributed by atoms with Crippen molar-refractivity contribution >= 4 is 24.3 Å². The van der Waals surface area contributed by atoms with Crippen LogP contribution in [-0.2, 0) is 9.53 Å². The van der Waals surface area contributed by atoms with E-state index in [0.717, 1.165) is 26.1 Å². The van der Waals surface area contributed by atoms with Crippen LogP contribution in [0.4, 0.5) is 0 Å². The van der Waals surface area contributed by atoms with Gasteiger partial charge in [-0.3, -0.25) is 0 Å². The van der Waals surface area contributed by atoms with E-state index in [2.05, 4.69) is 35.8 Å². The van der Waals surface area contributed by atoms with E-state index in [0.29, 0.717) is 0 Å². The van der Waals surface area contributed by atoms with Crippen molar-refractivity contribution in [1.29, 1.82) is 0 Å². The number of likely N-dealkylation sites (tertiary alicyclic amines) is 1. The molecule has 0 amide bonds. The zero-order valence-electron chi connectivity index (χ0n) is 17.2. The zero-order valence-corrected chi connectivity index (χ0v) is 20.0. The van der Waals surface area contributed by atoms with E-state index in [1.807, 2.05) is 0 Å². The summed E-state index contributed by atoms with van der Waals surface area (Å²) < 4.78 is 12.7. The van der Waals surface area contributed by atoms with Gasteiger partial charge in [-0.15, -0.1) is 0 Å². The summed E-state index contributed by atoms with van der Waals surface area (Å²) in [4.78, 5) is 13.6. The van der Waals surface area contributed by atoms with Crippen LogP contribution in [-0.4, -0.2) is 55.0 Å².